The molecule has 88 valence electrons. The van der Waals surface area contributed by atoms with Gasteiger partial charge in [-0.2, -0.15) is 0 Å². The first-order valence-corrected chi connectivity index (χ1v) is 6.33. The highest BCUT2D eigenvalue weighted by Gasteiger charge is 2.22. The molecule has 2 aliphatic heterocycles. The summed E-state index contributed by atoms with van der Waals surface area (Å²) >= 11 is 0. The monoisotopic (exact) mass is 221 g/mol. The second-order valence-corrected chi connectivity index (χ2v) is 4.73. The van der Waals surface area contributed by atoms with Crippen LogP contribution in [0.1, 0.15) is 55.8 Å². The van der Waals surface area contributed by atoms with Crippen molar-refractivity contribution >= 4 is 0 Å². The highest BCUT2D eigenvalue weighted by Crippen LogP contribution is 2.28. The van der Waals surface area contributed by atoms with Crippen molar-refractivity contribution in [1.29, 1.82) is 0 Å². The molecule has 0 amide bonds. The van der Waals surface area contributed by atoms with E-state index in [1.807, 2.05) is 6.20 Å². The van der Waals surface area contributed by atoms with E-state index in [2.05, 4.69) is 15.3 Å². The number of imidazole rings is 1. The molecule has 4 nitrogen and oxygen atoms in total. The van der Waals surface area contributed by atoms with Gasteiger partial charge in [-0.05, 0) is 32.2 Å². The average molecular weight is 221 g/mol. The molecular weight excluding hydrogens is 202 g/mol. The van der Waals surface area contributed by atoms with Crippen LogP contribution < -0.4 is 5.32 Å². The Bertz CT molecular complexity index is 338. The Kier molecular flexibility index (Phi) is 2.93. The van der Waals surface area contributed by atoms with Gasteiger partial charge in [0.2, 0.25) is 0 Å². The maximum Gasteiger partial charge on any atom is 0.123 e. The zero-order chi connectivity index (χ0) is 10.8. The molecule has 1 aromatic rings. The zero-order valence-electron chi connectivity index (χ0n) is 9.54. The highest BCUT2D eigenvalue weighted by molar-refractivity contribution is 5.09. The van der Waals surface area contributed by atoms with Crippen molar-refractivity contribution in [2.45, 2.75) is 44.2 Å². The van der Waals surface area contributed by atoms with E-state index < -0.39 is 0 Å². The van der Waals surface area contributed by atoms with E-state index in [0.29, 0.717) is 6.04 Å². The first-order chi connectivity index (χ1) is 7.93. The molecule has 3 heterocycles. The zero-order valence-corrected chi connectivity index (χ0v) is 9.54. The van der Waals surface area contributed by atoms with Gasteiger partial charge in [0.1, 0.15) is 5.82 Å². The molecule has 3 rings (SSSR count). The van der Waals surface area contributed by atoms with E-state index in [-0.39, 0.29) is 6.10 Å². The number of rotatable bonds is 2. The SMILES string of the molecule is c1nc(C2CCCCN2)[nH]c1C1CCCO1. The van der Waals surface area contributed by atoms with Gasteiger partial charge >= 0.3 is 0 Å². The Hall–Kier alpha value is -0.870. The summed E-state index contributed by atoms with van der Waals surface area (Å²) in [6.07, 6.45) is 8.27. The van der Waals surface area contributed by atoms with Gasteiger partial charge in [0.05, 0.1) is 24.0 Å². The third-order valence-electron chi connectivity index (χ3n) is 3.53. The van der Waals surface area contributed by atoms with Crippen LogP contribution in [0, 0.1) is 0 Å². The Labute approximate surface area is 95.8 Å². The van der Waals surface area contributed by atoms with E-state index in [0.717, 1.165) is 31.1 Å². The summed E-state index contributed by atoms with van der Waals surface area (Å²) in [5, 5.41) is 3.50. The van der Waals surface area contributed by atoms with Crippen LogP contribution in [0.5, 0.6) is 0 Å². The minimum Gasteiger partial charge on any atom is -0.372 e. The van der Waals surface area contributed by atoms with E-state index in [9.17, 15) is 0 Å². The fourth-order valence-corrected chi connectivity index (χ4v) is 2.60. The molecule has 0 saturated carbocycles. The number of nitrogens with zero attached hydrogens (tertiary/aromatic N) is 1. The van der Waals surface area contributed by atoms with Gasteiger partial charge in [-0.25, -0.2) is 4.98 Å². The molecule has 0 aliphatic carbocycles. The Morgan fingerprint density at radius 1 is 1.25 bits per heavy atom. The molecule has 2 atom stereocenters. The Balaban J connectivity index is 1.71. The standard InChI is InChI=1S/C12H19N3O/c1-2-6-13-9(4-1)12-14-8-10(15-12)11-5-3-7-16-11/h8-9,11,13H,1-7H2,(H,14,15). The quantitative estimate of drug-likeness (QED) is 0.804. The first kappa shape index (κ1) is 10.3. The van der Waals surface area contributed by atoms with Crippen molar-refractivity contribution in [3.8, 4) is 0 Å². The van der Waals surface area contributed by atoms with Crippen LogP contribution in [0.25, 0.3) is 0 Å². The smallest absolute Gasteiger partial charge is 0.123 e. The molecule has 0 spiro atoms. The highest BCUT2D eigenvalue weighted by atomic mass is 16.5. The summed E-state index contributed by atoms with van der Waals surface area (Å²) < 4.78 is 5.65. The normalized spacial score (nSPS) is 30.8. The molecule has 2 N–H and O–H groups in total. The molecular formula is C12H19N3O. The lowest BCUT2D eigenvalue weighted by Gasteiger charge is -2.21. The number of ether oxygens (including phenoxy) is 1. The van der Waals surface area contributed by atoms with E-state index in [1.165, 1.54) is 25.7 Å². The summed E-state index contributed by atoms with van der Waals surface area (Å²) in [7, 11) is 0. The van der Waals surface area contributed by atoms with Gasteiger partial charge in [0.15, 0.2) is 0 Å². The molecule has 2 fully saturated rings. The lowest BCUT2D eigenvalue weighted by Crippen LogP contribution is -2.27. The summed E-state index contributed by atoms with van der Waals surface area (Å²) in [6.45, 7) is 2.00. The van der Waals surface area contributed by atoms with Crippen molar-refractivity contribution in [1.82, 2.24) is 15.3 Å². The minimum absolute atomic E-state index is 0.254. The molecule has 2 saturated heterocycles. The maximum absolute atomic E-state index is 5.65. The van der Waals surface area contributed by atoms with E-state index in [1.54, 1.807) is 0 Å². The largest absolute Gasteiger partial charge is 0.372 e. The van der Waals surface area contributed by atoms with Crippen molar-refractivity contribution in [3.63, 3.8) is 0 Å². The summed E-state index contributed by atoms with van der Waals surface area (Å²) in [5.74, 6) is 1.09. The van der Waals surface area contributed by atoms with Crippen LogP contribution >= 0.6 is 0 Å². The van der Waals surface area contributed by atoms with Crippen LogP contribution in [0.4, 0.5) is 0 Å². The summed E-state index contributed by atoms with van der Waals surface area (Å²) in [4.78, 5) is 7.91. The van der Waals surface area contributed by atoms with Crippen molar-refractivity contribution in [3.05, 3.63) is 17.7 Å². The number of hydrogen-bond donors (Lipinski definition) is 2. The second-order valence-electron chi connectivity index (χ2n) is 4.73. The first-order valence-electron chi connectivity index (χ1n) is 6.33. The van der Waals surface area contributed by atoms with Gasteiger partial charge in [0.25, 0.3) is 0 Å². The Morgan fingerprint density at radius 3 is 3.00 bits per heavy atom. The fourth-order valence-electron chi connectivity index (χ4n) is 2.60. The van der Waals surface area contributed by atoms with Crippen LogP contribution in [0.15, 0.2) is 6.20 Å². The van der Waals surface area contributed by atoms with Crippen molar-refractivity contribution in [2.75, 3.05) is 13.2 Å². The number of nitrogens with one attached hydrogen (secondary N) is 2. The number of piperidine rings is 1. The molecule has 2 aliphatic rings. The number of aromatic nitrogens is 2. The van der Waals surface area contributed by atoms with Gasteiger partial charge in [0, 0.05) is 6.61 Å². The predicted octanol–water partition coefficient (Wildman–Crippen LogP) is 2.08. The molecule has 16 heavy (non-hydrogen) atoms. The lowest BCUT2D eigenvalue weighted by molar-refractivity contribution is 0.109. The Morgan fingerprint density at radius 2 is 2.25 bits per heavy atom. The summed E-state index contributed by atoms with van der Waals surface area (Å²) in [6, 6.07) is 0.420. The number of hydrogen-bond acceptors (Lipinski definition) is 3. The molecule has 2 unspecified atom stereocenters. The third kappa shape index (κ3) is 1.99. The van der Waals surface area contributed by atoms with Crippen molar-refractivity contribution < 1.29 is 4.74 Å². The number of H-pyrrole nitrogens is 1. The van der Waals surface area contributed by atoms with Crippen LogP contribution in [0.3, 0.4) is 0 Å². The van der Waals surface area contributed by atoms with E-state index >= 15 is 0 Å². The minimum atomic E-state index is 0.254. The van der Waals surface area contributed by atoms with Crippen LogP contribution in [0.2, 0.25) is 0 Å². The van der Waals surface area contributed by atoms with Crippen molar-refractivity contribution in [2.24, 2.45) is 0 Å². The number of aromatic amines is 1. The maximum atomic E-state index is 5.65. The van der Waals surface area contributed by atoms with Gasteiger partial charge < -0.3 is 15.0 Å². The second kappa shape index (κ2) is 4.55. The fraction of sp³-hybridized carbons (Fsp3) is 0.750. The molecule has 0 radical (unpaired) electrons. The van der Waals surface area contributed by atoms with Crippen LogP contribution in [-0.4, -0.2) is 23.1 Å². The molecule has 0 bridgehead atoms. The molecule has 4 heteroatoms. The summed E-state index contributed by atoms with van der Waals surface area (Å²) in [5.41, 5.74) is 1.15. The molecule has 1 aromatic heterocycles. The van der Waals surface area contributed by atoms with Gasteiger partial charge in [-0.15, -0.1) is 0 Å². The van der Waals surface area contributed by atoms with Gasteiger partial charge in [-0.3, -0.25) is 0 Å². The lowest BCUT2D eigenvalue weighted by atomic mass is 10.0. The third-order valence-corrected chi connectivity index (χ3v) is 3.53. The van der Waals surface area contributed by atoms with E-state index in [4.69, 9.17) is 4.74 Å². The topological polar surface area (TPSA) is 49.9 Å². The van der Waals surface area contributed by atoms with Crippen LogP contribution in [-0.2, 0) is 4.74 Å². The van der Waals surface area contributed by atoms with Gasteiger partial charge in [-0.1, -0.05) is 6.42 Å². The molecule has 0 aromatic carbocycles. The average Bonchev–Trinajstić information content (AvgIpc) is 3.01. The predicted molar refractivity (Wildman–Crippen MR) is 61.1 cm³/mol.